The molecule has 0 amide bonds. The summed E-state index contributed by atoms with van der Waals surface area (Å²) >= 11 is 0. The Morgan fingerprint density at radius 2 is 1.93 bits per heavy atom. The summed E-state index contributed by atoms with van der Waals surface area (Å²) in [5.74, 6) is 1.26. The molecule has 0 bridgehead atoms. The molecule has 0 atom stereocenters. The second-order valence-electron chi connectivity index (χ2n) is 5.87. The van der Waals surface area contributed by atoms with Crippen LogP contribution < -0.4 is 10.1 Å². The molecule has 1 aromatic carbocycles. The van der Waals surface area contributed by atoms with Crippen LogP contribution in [0.15, 0.2) is 41.9 Å². The SMILES string of the molecule is CCNC(=NCCCCn1cnnc1)N(C)CCOc1ccc(F)cc1.I. The van der Waals surface area contributed by atoms with Crippen LogP contribution in [0.5, 0.6) is 5.75 Å². The molecule has 2 aromatic rings. The summed E-state index contributed by atoms with van der Waals surface area (Å²) < 4.78 is 20.5. The monoisotopic (exact) mass is 490 g/mol. The topological polar surface area (TPSA) is 67.6 Å². The summed E-state index contributed by atoms with van der Waals surface area (Å²) in [5.41, 5.74) is 0. The number of hydrogen-bond acceptors (Lipinski definition) is 4. The van der Waals surface area contributed by atoms with Gasteiger partial charge in [-0.05, 0) is 44.0 Å². The summed E-state index contributed by atoms with van der Waals surface area (Å²) in [6.07, 6.45) is 5.47. The first-order chi connectivity index (χ1) is 12.7. The fourth-order valence-corrected chi connectivity index (χ4v) is 2.34. The van der Waals surface area contributed by atoms with E-state index in [9.17, 15) is 4.39 Å². The van der Waals surface area contributed by atoms with Crippen molar-refractivity contribution in [2.45, 2.75) is 26.3 Å². The van der Waals surface area contributed by atoms with Crippen LogP contribution in [0.3, 0.4) is 0 Å². The number of unbranched alkanes of at least 4 members (excludes halogenated alkanes) is 1. The second kappa shape index (κ2) is 13.3. The lowest BCUT2D eigenvalue weighted by Crippen LogP contribution is -2.41. The molecular formula is C18H28FIN6O. The van der Waals surface area contributed by atoms with Crippen LogP contribution in [0.2, 0.25) is 0 Å². The highest BCUT2D eigenvalue weighted by Crippen LogP contribution is 2.10. The van der Waals surface area contributed by atoms with Crippen LogP contribution in [0, 0.1) is 5.82 Å². The van der Waals surface area contributed by atoms with E-state index in [1.807, 2.05) is 23.4 Å². The number of nitrogens with zero attached hydrogens (tertiary/aromatic N) is 5. The molecule has 0 fully saturated rings. The Bertz CT molecular complexity index is 650. The minimum atomic E-state index is -0.264. The average Bonchev–Trinajstić information content (AvgIpc) is 3.15. The van der Waals surface area contributed by atoms with Crippen molar-refractivity contribution in [3.8, 4) is 5.75 Å². The maximum Gasteiger partial charge on any atom is 0.193 e. The van der Waals surface area contributed by atoms with Crippen molar-refractivity contribution in [1.82, 2.24) is 25.0 Å². The predicted molar refractivity (Wildman–Crippen MR) is 115 cm³/mol. The van der Waals surface area contributed by atoms with Crippen LogP contribution >= 0.6 is 24.0 Å². The van der Waals surface area contributed by atoms with Gasteiger partial charge in [0.2, 0.25) is 0 Å². The van der Waals surface area contributed by atoms with E-state index in [1.54, 1.807) is 24.8 Å². The van der Waals surface area contributed by atoms with Gasteiger partial charge in [-0.3, -0.25) is 4.99 Å². The lowest BCUT2D eigenvalue weighted by atomic mass is 10.3. The Hall–Kier alpha value is -1.91. The number of hydrogen-bond donors (Lipinski definition) is 1. The number of benzene rings is 1. The molecular weight excluding hydrogens is 462 g/mol. The minimum absolute atomic E-state index is 0. The van der Waals surface area contributed by atoms with E-state index in [0.29, 0.717) is 18.9 Å². The number of nitrogens with one attached hydrogen (secondary N) is 1. The summed E-state index contributed by atoms with van der Waals surface area (Å²) in [5, 5.41) is 10.9. The van der Waals surface area contributed by atoms with E-state index in [2.05, 4.69) is 20.5 Å². The first kappa shape index (κ1) is 23.1. The fraction of sp³-hybridized carbons (Fsp3) is 0.500. The van der Waals surface area contributed by atoms with Gasteiger partial charge in [0.1, 0.15) is 30.8 Å². The standard InChI is InChI=1S/C18H27FN6O.HI/c1-3-20-18(21-10-4-5-11-25-14-22-23-15-25)24(2)12-13-26-17-8-6-16(19)7-9-17;/h6-9,14-15H,3-5,10-13H2,1-2H3,(H,20,21);1H. The lowest BCUT2D eigenvalue weighted by Gasteiger charge is -2.22. The first-order valence-corrected chi connectivity index (χ1v) is 8.89. The Balaban J connectivity index is 0.00000364. The fourth-order valence-electron chi connectivity index (χ4n) is 2.34. The summed E-state index contributed by atoms with van der Waals surface area (Å²) in [6, 6.07) is 6.05. The van der Waals surface area contributed by atoms with Gasteiger partial charge in [-0.15, -0.1) is 34.2 Å². The lowest BCUT2D eigenvalue weighted by molar-refractivity contribution is 0.281. The van der Waals surface area contributed by atoms with Crippen molar-refractivity contribution < 1.29 is 9.13 Å². The van der Waals surface area contributed by atoms with Crippen molar-refractivity contribution in [1.29, 1.82) is 0 Å². The van der Waals surface area contributed by atoms with Crippen molar-refractivity contribution in [3.05, 3.63) is 42.7 Å². The molecule has 7 nitrogen and oxygen atoms in total. The summed E-state index contributed by atoms with van der Waals surface area (Å²) in [7, 11) is 1.98. The molecule has 0 saturated carbocycles. The zero-order chi connectivity index (χ0) is 18.6. The van der Waals surface area contributed by atoms with Crippen LogP contribution in [0.1, 0.15) is 19.8 Å². The largest absolute Gasteiger partial charge is 0.492 e. The number of aliphatic imine (C=N–C) groups is 1. The molecule has 1 N–H and O–H groups in total. The quantitative estimate of drug-likeness (QED) is 0.240. The summed E-state index contributed by atoms with van der Waals surface area (Å²) in [4.78, 5) is 6.69. The number of ether oxygens (including phenoxy) is 1. The molecule has 0 spiro atoms. The second-order valence-corrected chi connectivity index (χ2v) is 5.87. The van der Waals surface area contributed by atoms with E-state index in [-0.39, 0.29) is 29.8 Å². The predicted octanol–water partition coefficient (Wildman–Crippen LogP) is 2.79. The molecule has 2 rings (SSSR count). The van der Waals surface area contributed by atoms with E-state index >= 15 is 0 Å². The highest BCUT2D eigenvalue weighted by Gasteiger charge is 2.05. The summed E-state index contributed by atoms with van der Waals surface area (Å²) in [6.45, 7) is 5.70. The first-order valence-electron chi connectivity index (χ1n) is 8.89. The van der Waals surface area contributed by atoms with Crippen molar-refractivity contribution in [2.24, 2.45) is 4.99 Å². The van der Waals surface area contributed by atoms with Gasteiger partial charge in [0.05, 0.1) is 6.54 Å². The Labute approximate surface area is 177 Å². The normalized spacial score (nSPS) is 11.0. The average molecular weight is 490 g/mol. The molecule has 0 aliphatic carbocycles. The van der Waals surface area contributed by atoms with E-state index < -0.39 is 0 Å². The van der Waals surface area contributed by atoms with Crippen LogP contribution in [-0.2, 0) is 6.54 Å². The molecule has 150 valence electrons. The van der Waals surface area contributed by atoms with Gasteiger partial charge in [-0.1, -0.05) is 0 Å². The number of likely N-dealkylation sites (N-methyl/N-ethyl adjacent to an activating group) is 1. The number of aromatic nitrogens is 3. The Morgan fingerprint density at radius 3 is 2.59 bits per heavy atom. The third-order valence-corrected chi connectivity index (χ3v) is 3.76. The van der Waals surface area contributed by atoms with Gasteiger partial charge in [-0.2, -0.15) is 0 Å². The van der Waals surface area contributed by atoms with Gasteiger partial charge in [-0.25, -0.2) is 4.39 Å². The number of aryl methyl sites for hydroxylation is 1. The molecule has 9 heteroatoms. The smallest absolute Gasteiger partial charge is 0.193 e. The van der Waals surface area contributed by atoms with Crippen molar-refractivity contribution in [3.63, 3.8) is 0 Å². The molecule has 0 radical (unpaired) electrons. The number of guanidine groups is 1. The van der Waals surface area contributed by atoms with Crippen molar-refractivity contribution >= 4 is 29.9 Å². The van der Waals surface area contributed by atoms with Crippen LogP contribution in [-0.4, -0.2) is 58.9 Å². The minimum Gasteiger partial charge on any atom is -0.492 e. The van der Waals surface area contributed by atoms with Gasteiger partial charge < -0.3 is 19.5 Å². The molecule has 1 aromatic heterocycles. The molecule has 1 heterocycles. The molecule has 27 heavy (non-hydrogen) atoms. The molecule has 0 aliphatic heterocycles. The third kappa shape index (κ3) is 9.03. The Morgan fingerprint density at radius 1 is 1.22 bits per heavy atom. The third-order valence-electron chi connectivity index (χ3n) is 3.76. The van der Waals surface area contributed by atoms with Gasteiger partial charge in [0.25, 0.3) is 0 Å². The van der Waals surface area contributed by atoms with E-state index in [1.165, 1.54) is 12.1 Å². The zero-order valence-electron chi connectivity index (χ0n) is 15.8. The van der Waals surface area contributed by atoms with Crippen LogP contribution in [0.4, 0.5) is 4.39 Å². The van der Waals surface area contributed by atoms with Crippen molar-refractivity contribution in [2.75, 3.05) is 33.3 Å². The maximum atomic E-state index is 12.9. The van der Waals surface area contributed by atoms with E-state index in [4.69, 9.17) is 4.74 Å². The van der Waals surface area contributed by atoms with Gasteiger partial charge in [0, 0.05) is 26.7 Å². The van der Waals surface area contributed by atoms with E-state index in [0.717, 1.165) is 38.4 Å². The molecule has 0 unspecified atom stereocenters. The van der Waals surface area contributed by atoms with Gasteiger partial charge in [0.15, 0.2) is 5.96 Å². The van der Waals surface area contributed by atoms with Gasteiger partial charge >= 0.3 is 0 Å². The Kier molecular flexibility index (Phi) is 11.4. The number of rotatable bonds is 10. The number of halogens is 2. The molecule has 0 saturated heterocycles. The van der Waals surface area contributed by atoms with Crippen LogP contribution in [0.25, 0.3) is 0 Å². The maximum absolute atomic E-state index is 12.9. The zero-order valence-corrected chi connectivity index (χ0v) is 18.2. The highest BCUT2D eigenvalue weighted by atomic mass is 127. The highest BCUT2D eigenvalue weighted by molar-refractivity contribution is 14.0. The molecule has 0 aliphatic rings.